The summed E-state index contributed by atoms with van der Waals surface area (Å²) < 4.78 is 31.7. The minimum absolute atomic E-state index is 0.0190. The van der Waals surface area contributed by atoms with Crippen LogP contribution in [0.2, 0.25) is 10.0 Å². The number of halogens is 2. The topological polar surface area (TPSA) is 70.1 Å². The summed E-state index contributed by atoms with van der Waals surface area (Å²) >= 11 is 12.1. The third-order valence-electron chi connectivity index (χ3n) is 3.71. The molecule has 1 aliphatic rings. The van der Waals surface area contributed by atoms with Crippen LogP contribution in [0.15, 0.2) is 17.0 Å². The summed E-state index contributed by atoms with van der Waals surface area (Å²) in [4.78, 5) is 1.70. The van der Waals surface area contributed by atoms with E-state index >= 15 is 0 Å². The molecule has 1 aromatic rings. The van der Waals surface area contributed by atoms with E-state index in [4.69, 9.17) is 27.9 Å². The summed E-state index contributed by atoms with van der Waals surface area (Å²) in [6.07, 6.45) is -0.753. The zero-order chi connectivity index (χ0) is 16.7. The number of likely N-dealkylation sites (N-methyl/N-ethyl adjacent to an activating group) is 1. The molecule has 22 heavy (non-hydrogen) atoms. The first-order valence-corrected chi connectivity index (χ1v) is 8.75. The summed E-state index contributed by atoms with van der Waals surface area (Å²) in [5.41, 5.74) is 0. The molecular weight excluding hydrogens is 351 g/mol. The van der Waals surface area contributed by atoms with Crippen LogP contribution in [0, 0.1) is 0 Å². The van der Waals surface area contributed by atoms with Gasteiger partial charge in [-0.1, -0.05) is 23.2 Å². The van der Waals surface area contributed by atoms with Crippen LogP contribution < -0.4 is 4.74 Å². The average Bonchev–Trinajstić information content (AvgIpc) is 2.83. The first kappa shape index (κ1) is 17.8. The number of aliphatic hydroxyl groups is 1. The Morgan fingerprint density at radius 1 is 1.27 bits per heavy atom. The van der Waals surface area contributed by atoms with Gasteiger partial charge in [0.2, 0.25) is 10.0 Å². The Hall–Kier alpha value is -0.570. The largest absolute Gasteiger partial charge is 0.495 e. The molecule has 9 heteroatoms. The lowest BCUT2D eigenvalue weighted by molar-refractivity contribution is 0.113. The number of ether oxygens (including phenoxy) is 1. The molecule has 2 rings (SSSR count). The predicted molar refractivity (Wildman–Crippen MR) is 85.3 cm³/mol. The molecule has 1 heterocycles. The number of nitrogens with zero attached hydrogens (tertiary/aromatic N) is 2. The van der Waals surface area contributed by atoms with Crippen molar-refractivity contribution in [3.05, 3.63) is 22.2 Å². The maximum atomic E-state index is 12.7. The molecule has 0 saturated carbocycles. The maximum absolute atomic E-state index is 12.7. The summed E-state index contributed by atoms with van der Waals surface area (Å²) in [7, 11) is 1.17. The van der Waals surface area contributed by atoms with Gasteiger partial charge in [-0.3, -0.25) is 0 Å². The second-order valence-electron chi connectivity index (χ2n) is 5.34. The SMILES string of the molecule is COc1cc(Cl)c(S(=O)(=O)N2C[C@H](O)[C@@H](N(C)C)C2)cc1Cl. The highest BCUT2D eigenvalue weighted by molar-refractivity contribution is 7.89. The predicted octanol–water partition coefficient (Wildman–Crippen LogP) is 1.30. The molecule has 1 aliphatic heterocycles. The fraction of sp³-hybridized carbons (Fsp3) is 0.538. The van der Waals surface area contributed by atoms with Crippen LogP contribution in [0.4, 0.5) is 0 Å². The molecule has 1 saturated heterocycles. The molecule has 1 N–H and O–H groups in total. The molecule has 0 bridgehead atoms. The van der Waals surface area contributed by atoms with Crippen molar-refractivity contribution in [3.63, 3.8) is 0 Å². The van der Waals surface area contributed by atoms with Gasteiger partial charge in [-0.05, 0) is 20.2 Å². The van der Waals surface area contributed by atoms with Gasteiger partial charge in [0.25, 0.3) is 0 Å². The summed E-state index contributed by atoms with van der Waals surface area (Å²) in [6.45, 7) is 0.210. The van der Waals surface area contributed by atoms with Gasteiger partial charge in [0.15, 0.2) is 0 Å². The van der Waals surface area contributed by atoms with E-state index in [9.17, 15) is 13.5 Å². The summed E-state index contributed by atoms with van der Waals surface area (Å²) in [6, 6.07) is 2.38. The Morgan fingerprint density at radius 2 is 1.91 bits per heavy atom. The molecule has 0 spiro atoms. The van der Waals surface area contributed by atoms with E-state index < -0.39 is 16.1 Å². The van der Waals surface area contributed by atoms with E-state index in [1.54, 1.807) is 19.0 Å². The Balaban J connectivity index is 2.38. The monoisotopic (exact) mass is 368 g/mol. The van der Waals surface area contributed by atoms with Gasteiger partial charge in [-0.25, -0.2) is 8.42 Å². The van der Waals surface area contributed by atoms with E-state index in [-0.39, 0.29) is 34.1 Å². The zero-order valence-electron chi connectivity index (χ0n) is 12.5. The smallest absolute Gasteiger partial charge is 0.244 e. The van der Waals surface area contributed by atoms with Crippen LogP contribution in [-0.4, -0.2) is 69.2 Å². The van der Waals surface area contributed by atoms with Crippen molar-refractivity contribution < 1.29 is 18.3 Å². The standard InChI is InChI=1S/C13H18Cl2N2O4S/c1-16(2)10-6-17(7-11(10)18)22(19,20)13-5-8(14)12(21-3)4-9(13)15/h4-5,10-11,18H,6-7H2,1-3H3/t10-,11-/m0/s1. The summed E-state index contributed by atoms with van der Waals surface area (Å²) in [5.74, 6) is 0.304. The maximum Gasteiger partial charge on any atom is 0.244 e. The van der Waals surface area contributed by atoms with E-state index in [1.807, 2.05) is 0 Å². The lowest BCUT2D eigenvalue weighted by atomic mass is 10.2. The first-order chi connectivity index (χ1) is 10.2. The minimum Gasteiger partial charge on any atom is -0.495 e. The number of β-amino-alcohol motifs (C(OH)–C–C–N with tert-alkyl or cyclic N) is 1. The lowest BCUT2D eigenvalue weighted by Gasteiger charge is -2.21. The number of methoxy groups -OCH3 is 1. The Kier molecular flexibility index (Phi) is 5.26. The van der Waals surface area contributed by atoms with Crippen molar-refractivity contribution >= 4 is 33.2 Å². The molecule has 0 aliphatic carbocycles. The van der Waals surface area contributed by atoms with Crippen LogP contribution in [-0.2, 0) is 10.0 Å². The average molecular weight is 369 g/mol. The van der Waals surface area contributed by atoms with Crippen LogP contribution >= 0.6 is 23.2 Å². The number of rotatable bonds is 4. The molecule has 6 nitrogen and oxygen atoms in total. The molecule has 0 aromatic heterocycles. The molecule has 1 aromatic carbocycles. The number of hydrogen-bond acceptors (Lipinski definition) is 5. The molecule has 1 fully saturated rings. The van der Waals surface area contributed by atoms with Crippen molar-refractivity contribution in [1.29, 1.82) is 0 Å². The third-order valence-corrected chi connectivity index (χ3v) is 6.30. The quantitative estimate of drug-likeness (QED) is 0.867. The third kappa shape index (κ3) is 3.20. The van der Waals surface area contributed by atoms with E-state index in [0.29, 0.717) is 5.75 Å². The van der Waals surface area contributed by atoms with E-state index in [2.05, 4.69) is 0 Å². The van der Waals surface area contributed by atoms with Crippen molar-refractivity contribution in [1.82, 2.24) is 9.21 Å². The van der Waals surface area contributed by atoms with Crippen LogP contribution in [0.3, 0.4) is 0 Å². The summed E-state index contributed by atoms with van der Waals surface area (Å²) in [5, 5.41) is 10.2. The van der Waals surface area contributed by atoms with Crippen molar-refractivity contribution in [3.8, 4) is 5.75 Å². The van der Waals surface area contributed by atoms with Gasteiger partial charge in [0, 0.05) is 19.2 Å². The molecule has 2 atom stereocenters. The van der Waals surface area contributed by atoms with Gasteiger partial charge < -0.3 is 14.7 Å². The fourth-order valence-electron chi connectivity index (χ4n) is 2.44. The first-order valence-electron chi connectivity index (χ1n) is 6.56. The number of aliphatic hydroxyl groups excluding tert-OH is 1. The van der Waals surface area contributed by atoms with Crippen molar-refractivity contribution in [2.45, 2.75) is 17.0 Å². The van der Waals surface area contributed by atoms with Gasteiger partial charge in [0.05, 0.1) is 29.3 Å². The second kappa shape index (κ2) is 6.51. The molecule has 0 amide bonds. The van der Waals surface area contributed by atoms with Crippen molar-refractivity contribution in [2.75, 3.05) is 34.3 Å². The fourth-order valence-corrected chi connectivity index (χ4v) is 4.74. The van der Waals surface area contributed by atoms with Crippen molar-refractivity contribution in [2.24, 2.45) is 0 Å². The van der Waals surface area contributed by atoms with Crippen LogP contribution in [0.5, 0.6) is 5.75 Å². The van der Waals surface area contributed by atoms with Gasteiger partial charge in [-0.15, -0.1) is 0 Å². The highest BCUT2D eigenvalue weighted by atomic mass is 35.5. The number of hydrogen-bond donors (Lipinski definition) is 1. The number of sulfonamides is 1. The highest BCUT2D eigenvalue weighted by Gasteiger charge is 2.40. The Labute approximate surface area is 140 Å². The zero-order valence-corrected chi connectivity index (χ0v) is 14.8. The number of benzene rings is 1. The van der Waals surface area contributed by atoms with E-state index in [0.717, 1.165) is 0 Å². The highest BCUT2D eigenvalue weighted by Crippen LogP contribution is 2.35. The molecule has 124 valence electrons. The van der Waals surface area contributed by atoms with Crippen LogP contribution in [0.1, 0.15) is 0 Å². The van der Waals surface area contributed by atoms with Crippen LogP contribution in [0.25, 0.3) is 0 Å². The van der Waals surface area contributed by atoms with Gasteiger partial charge in [0.1, 0.15) is 10.6 Å². The Morgan fingerprint density at radius 3 is 2.41 bits per heavy atom. The second-order valence-corrected chi connectivity index (χ2v) is 8.06. The normalized spacial score (nSPS) is 23.2. The molecule has 0 radical (unpaired) electrons. The Bertz CT molecular complexity index is 666. The molecular formula is C13H18Cl2N2O4S. The minimum atomic E-state index is -3.84. The molecule has 0 unspecified atom stereocenters. The van der Waals surface area contributed by atoms with E-state index in [1.165, 1.54) is 23.5 Å². The lowest BCUT2D eigenvalue weighted by Crippen LogP contribution is -2.38. The van der Waals surface area contributed by atoms with Gasteiger partial charge in [-0.2, -0.15) is 4.31 Å². The van der Waals surface area contributed by atoms with Gasteiger partial charge >= 0.3 is 0 Å².